The smallest absolute Gasteiger partial charge is 0.0320 e. The number of halogens is 1. The number of nitrogens with two attached hydrogens (primary N) is 1. The minimum absolute atomic E-state index is 0.498. The summed E-state index contributed by atoms with van der Waals surface area (Å²) in [5.74, 6) is 0. The Bertz CT molecular complexity index is 358. The summed E-state index contributed by atoms with van der Waals surface area (Å²) in [6.07, 6.45) is 0. The highest BCUT2D eigenvalue weighted by molar-refractivity contribution is 9.10. The molecule has 4 heteroatoms. The fraction of sp³-hybridized carbons (Fsp3) is 0.571. The molecular weight excluding hydrogens is 290 g/mol. The third kappa shape index (κ3) is 3.54. The Balaban J connectivity index is 1.91. The Hall–Kier alpha value is -0.420. The monoisotopic (exact) mass is 311 g/mol. The van der Waals surface area contributed by atoms with Gasteiger partial charge in [0.05, 0.1) is 0 Å². The molecule has 100 valence electrons. The molecule has 1 heterocycles. The van der Waals surface area contributed by atoms with Crippen LogP contribution in [0.25, 0.3) is 0 Å². The van der Waals surface area contributed by atoms with Crippen LogP contribution in [-0.2, 0) is 0 Å². The van der Waals surface area contributed by atoms with Crippen molar-refractivity contribution in [2.24, 2.45) is 5.73 Å². The number of hydrogen-bond acceptors (Lipinski definition) is 3. The zero-order valence-corrected chi connectivity index (χ0v) is 12.6. The number of nitrogens with zero attached hydrogens (tertiary/aromatic N) is 2. The molecule has 1 aliphatic rings. The molecule has 0 aliphatic carbocycles. The molecule has 2 N–H and O–H groups in total. The van der Waals surface area contributed by atoms with Gasteiger partial charge in [0.2, 0.25) is 0 Å². The van der Waals surface area contributed by atoms with Crippen LogP contribution in [0.3, 0.4) is 0 Å². The lowest BCUT2D eigenvalue weighted by atomic mass is 10.1. The van der Waals surface area contributed by atoms with E-state index in [-0.39, 0.29) is 0 Å². The lowest BCUT2D eigenvalue weighted by molar-refractivity contribution is 0.104. The molecule has 18 heavy (non-hydrogen) atoms. The molecule has 0 saturated carbocycles. The van der Waals surface area contributed by atoms with Crippen molar-refractivity contribution in [2.45, 2.75) is 13.0 Å². The van der Waals surface area contributed by atoms with Crippen LogP contribution in [0.15, 0.2) is 28.7 Å². The largest absolute Gasteiger partial charge is 0.329 e. The molecule has 0 radical (unpaired) electrons. The molecule has 1 aromatic carbocycles. The van der Waals surface area contributed by atoms with E-state index in [1.165, 1.54) is 5.56 Å². The molecule has 1 atom stereocenters. The van der Waals surface area contributed by atoms with E-state index in [9.17, 15) is 0 Å². The summed E-state index contributed by atoms with van der Waals surface area (Å²) in [4.78, 5) is 5.00. The van der Waals surface area contributed by atoms with Crippen LogP contribution >= 0.6 is 15.9 Å². The Labute approximate surface area is 118 Å². The molecule has 0 spiro atoms. The maximum Gasteiger partial charge on any atom is 0.0320 e. The van der Waals surface area contributed by atoms with Gasteiger partial charge in [0.15, 0.2) is 0 Å². The van der Waals surface area contributed by atoms with E-state index in [0.717, 1.165) is 43.7 Å². The summed E-state index contributed by atoms with van der Waals surface area (Å²) >= 11 is 3.48. The first kappa shape index (κ1) is 14.0. The maximum atomic E-state index is 5.60. The van der Waals surface area contributed by atoms with Gasteiger partial charge in [-0.3, -0.25) is 9.80 Å². The van der Waals surface area contributed by atoms with E-state index in [0.29, 0.717) is 6.04 Å². The standard InChI is InChI=1S/C14H22BrN3/c1-12(13-2-4-14(15)5-3-13)18-10-8-17(7-6-16)9-11-18/h2-5,12H,6-11,16H2,1H3. The fourth-order valence-corrected chi connectivity index (χ4v) is 2.77. The minimum atomic E-state index is 0.498. The lowest BCUT2D eigenvalue weighted by Crippen LogP contribution is -2.48. The highest BCUT2D eigenvalue weighted by Crippen LogP contribution is 2.23. The van der Waals surface area contributed by atoms with Gasteiger partial charge in [-0.2, -0.15) is 0 Å². The Kier molecular flexibility index (Phi) is 5.18. The number of benzene rings is 1. The summed E-state index contributed by atoms with van der Waals surface area (Å²) in [5, 5.41) is 0. The summed E-state index contributed by atoms with van der Waals surface area (Å²) in [5.41, 5.74) is 6.99. The van der Waals surface area contributed by atoms with Crippen molar-refractivity contribution in [1.82, 2.24) is 9.80 Å². The molecule has 1 fully saturated rings. The van der Waals surface area contributed by atoms with Crippen molar-refractivity contribution in [2.75, 3.05) is 39.3 Å². The van der Waals surface area contributed by atoms with Gasteiger partial charge >= 0.3 is 0 Å². The number of hydrogen-bond donors (Lipinski definition) is 1. The normalized spacial score (nSPS) is 19.9. The molecule has 0 amide bonds. The first-order chi connectivity index (χ1) is 8.70. The minimum Gasteiger partial charge on any atom is -0.329 e. The Morgan fingerprint density at radius 1 is 1.17 bits per heavy atom. The van der Waals surface area contributed by atoms with Crippen LogP contribution in [0.4, 0.5) is 0 Å². The highest BCUT2D eigenvalue weighted by Gasteiger charge is 2.21. The number of piperazine rings is 1. The molecular formula is C14H22BrN3. The van der Waals surface area contributed by atoms with Gasteiger partial charge < -0.3 is 5.73 Å². The predicted molar refractivity (Wildman–Crippen MR) is 79.6 cm³/mol. The Morgan fingerprint density at radius 3 is 2.33 bits per heavy atom. The van der Waals surface area contributed by atoms with E-state index in [4.69, 9.17) is 5.73 Å². The fourth-order valence-electron chi connectivity index (χ4n) is 2.51. The van der Waals surface area contributed by atoms with Crippen LogP contribution < -0.4 is 5.73 Å². The maximum absolute atomic E-state index is 5.60. The molecule has 1 unspecified atom stereocenters. The van der Waals surface area contributed by atoms with Crippen LogP contribution in [0.1, 0.15) is 18.5 Å². The lowest BCUT2D eigenvalue weighted by Gasteiger charge is -2.38. The van der Waals surface area contributed by atoms with E-state index in [1.807, 2.05) is 0 Å². The van der Waals surface area contributed by atoms with E-state index < -0.39 is 0 Å². The van der Waals surface area contributed by atoms with Crippen molar-refractivity contribution >= 4 is 15.9 Å². The van der Waals surface area contributed by atoms with Gasteiger partial charge in [0.1, 0.15) is 0 Å². The molecule has 1 aliphatic heterocycles. The van der Waals surface area contributed by atoms with Crippen molar-refractivity contribution in [1.29, 1.82) is 0 Å². The van der Waals surface area contributed by atoms with Crippen LogP contribution in [0.2, 0.25) is 0 Å². The second kappa shape index (κ2) is 6.66. The third-order valence-electron chi connectivity index (χ3n) is 3.75. The molecule has 2 rings (SSSR count). The molecule has 0 aromatic heterocycles. The van der Waals surface area contributed by atoms with Gasteiger partial charge in [-0.05, 0) is 24.6 Å². The summed E-state index contributed by atoms with van der Waals surface area (Å²) in [6, 6.07) is 9.16. The van der Waals surface area contributed by atoms with Crippen molar-refractivity contribution < 1.29 is 0 Å². The van der Waals surface area contributed by atoms with Gasteiger partial charge in [-0.15, -0.1) is 0 Å². The average Bonchev–Trinajstić information content (AvgIpc) is 2.40. The first-order valence-electron chi connectivity index (χ1n) is 6.62. The highest BCUT2D eigenvalue weighted by atomic mass is 79.9. The quantitative estimate of drug-likeness (QED) is 0.924. The molecule has 3 nitrogen and oxygen atoms in total. The molecule has 0 bridgehead atoms. The van der Waals surface area contributed by atoms with Gasteiger partial charge in [-0.25, -0.2) is 0 Å². The predicted octanol–water partition coefficient (Wildman–Crippen LogP) is 2.09. The SMILES string of the molecule is CC(c1ccc(Br)cc1)N1CCN(CCN)CC1. The van der Waals surface area contributed by atoms with Crippen molar-refractivity contribution in [3.05, 3.63) is 34.3 Å². The second-order valence-electron chi connectivity index (χ2n) is 4.89. The van der Waals surface area contributed by atoms with E-state index in [2.05, 4.69) is 56.9 Å². The molecule has 1 saturated heterocycles. The van der Waals surface area contributed by atoms with E-state index in [1.54, 1.807) is 0 Å². The van der Waals surface area contributed by atoms with Gasteiger partial charge in [0, 0.05) is 49.8 Å². The summed E-state index contributed by atoms with van der Waals surface area (Å²) < 4.78 is 1.14. The summed E-state index contributed by atoms with van der Waals surface area (Å²) in [7, 11) is 0. The third-order valence-corrected chi connectivity index (χ3v) is 4.28. The van der Waals surface area contributed by atoms with E-state index >= 15 is 0 Å². The van der Waals surface area contributed by atoms with Crippen molar-refractivity contribution in [3.8, 4) is 0 Å². The zero-order chi connectivity index (χ0) is 13.0. The second-order valence-corrected chi connectivity index (χ2v) is 5.81. The molecule has 1 aromatic rings. The summed E-state index contributed by atoms with van der Waals surface area (Å²) in [6.45, 7) is 8.63. The van der Waals surface area contributed by atoms with Crippen LogP contribution in [0, 0.1) is 0 Å². The topological polar surface area (TPSA) is 32.5 Å². The van der Waals surface area contributed by atoms with Gasteiger partial charge in [-0.1, -0.05) is 28.1 Å². The average molecular weight is 312 g/mol. The van der Waals surface area contributed by atoms with Crippen molar-refractivity contribution in [3.63, 3.8) is 0 Å². The van der Waals surface area contributed by atoms with Crippen LogP contribution in [0.5, 0.6) is 0 Å². The zero-order valence-electron chi connectivity index (χ0n) is 11.0. The first-order valence-corrected chi connectivity index (χ1v) is 7.42. The number of rotatable bonds is 4. The van der Waals surface area contributed by atoms with Gasteiger partial charge in [0.25, 0.3) is 0 Å². The van der Waals surface area contributed by atoms with Crippen LogP contribution in [-0.4, -0.2) is 49.1 Å². The Morgan fingerprint density at radius 2 is 1.78 bits per heavy atom.